The minimum Gasteiger partial charge on any atom is -0.383 e. The molecule has 0 fully saturated rings. The van der Waals surface area contributed by atoms with Gasteiger partial charge in [-0.2, -0.15) is 0 Å². The summed E-state index contributed by atoms with van der Waals surface area (Å²) in [5, 5.41) is 0. The fraction of sp³-hybridized carbons (Fsp3) is 0.267. The molecular formula is C15H15N3O. The molecule has 0 spiro atoms. The Balaban J connectivity index is 2.03. The van der Waals surface area contributed by atoms with Crippen molar-refractivity contribution < 1.29 is 4.79 Å². The number of nitrogens with zero attached hydrogens (tertiary/aromatic N) is 2. The number of rotatable bonds is 1. The first-order valence-corrected chi connectivity index (χ1v) is 6.36. The van der Waals surface area contributed by atoms with Crippen molar-refractivity contribution >= 4 is 11.6 Å². The van der Waals surface area contributed by atoms with Crippen LogP contribution in [0, 0.1) is 6.92 Å². The van der Waals surface area contributed by atoms with Crippen LogP contribution in [0.5, 0.6) is 0 Å². The number of hydrogen-bond donors (Lipinski definition) is 1. The van der Waals surface area contributed by atoms with E-state index in [9.17, 15) is 4.79 Å². The molecule has 2 aromatic rings. The van der Waals surface area contributed by atoms with Gasteiger partial charge in [0.25, 0.3) is 0 Å². The van der Waals surface area contributed by atoms with Gasteiger partial charge < -0.3 is 5.73 Å². The lowest BCUT2D eigenvalue weighted by Crippen LogP contribution is -2.23. The summed E-state index contributed by atoms with van der Waals surface area (Å²) in [5.74, 6) is 1.18. The van der Waals surface area contributed by atoms with Crippen LogP contribution in [0.25, 0.3) is 0 Å². The molecule has 1 heterocycles. The summed E-state index contributed by atoms with van der Waals surface area (Å²) >= 11 is 0. The van der Waals surface area contributed by atoms with Gasteiger partial charge in [-0.3, -0.25) is 4.79 Å². The molecular weight excluding hydrogens is 238 g/mol. The molecule has 1 aromatic heterocycles. The molecule has 3 rings (SSSR count). The zero-order valence-electron chi connectivity index (χ0n) is 10.8. The van der Waals surface area contributed by atoms with Crippen LogP contribution < -0.4 is 5.73 Å². The third-order valence-corrected chi connectivity index (χ3v) is 3.55. The van der Waals surface area contributed by atoms with Crippen molar-refractivity contribution in [3.8, 4) is 0 Å². The van der Waals surface area contributed by atoms with Crippen molar-refractivity contribution in [1.29, 1.82) is 0 Å². The number of benzene rings is 1. The Bertz CT molecular complexity index is 637. The highest BCUT2D eigenvalue weighted by molar-refractivity contribution is 6.02. The van der Waals surface area contributed by atoms with Crippen molar-refractivity contribution in [1.82, 2.24) is 9.97 Å². The van der Waals surface area contributed by atoms with Crippen LogP contribution in [0.3, 0.4) is 0 Å². The molecule has 0 radical (unpaired) electrons. The number of fused-ring (bicyclic) bond motifs is 1. The molecule has 96 valence electrons. The molecule has 0 bridgehead atoms. The Morgan fingerprint density at radius 2 is 1.89 bits per heavy atom. The highest BCUT2D eigenvalue weighted by atomic mass is 16.1. The normalized spacial score (nSPS) is 18.2. The van der Waals surface area contributed by atoms with E-state index in [2.05, 4.69) is 22.1 Å². The van der Waals surface area contributed by atoms with Crippen molar-refractivity contribution in [2.45, 2.75) is 25.7 Å². The van der Waals surface area contributed by atoms with Gasteiger partial charge in [-0.25, -0.2) is 9.97 Å². The van der Waals surface area contributed by atoms with Gasteiger partial charge in [0.1, 0.15) is 11.6 Å². The fourth-order valence-electron chi connectivity index (χ4n) is 2.70. The number of hydrogen-bond acceptors (Lipinski definition) is 4. The van der Waals surface area contributed by atoms with E-state index in [1.54, 1.807) is 6.92 Å². The minimum atomic E-state index is 0.0487. The van der Waals surface area contributed by atoms with Crippen LogP contribution in [0.4, 0.5) is 5.82 Å². The molecule has 1 atom stereocenters. The van der Waals surface area contributed by atoms with Gasteiger partial charge in [-0.15, -0.1) is 0 Å². The van der Waals surface area contributed by atoms with E-state index in [-0.39, 0.29) is 11.7 Å². The molecule has 4 nitrogen and oxygen atoms in total. The summed E-state index contributed by atoms with van der Waals surface area (Å²) < 4.78 is 0. The third-order valence-electron chi connectivity index (χ3n) is 3.55. The molecule has 0 aliphatic heterocycles. The summed E-state index contributed by atoms with van der Waals surface area (Å²) in [5.41, 5.74) is 8.33. The molecule has 2 N–H and O–H groups in total. The lowest BCUT2D eigenvalue weighted by molar-refractivity contribution is 0.0963. The van der Waals surface area contributed by atoms with Gasteiger partial charge in [-0.1, -0.05) is 30.3 Å². The second-order valence-electron chi connectivity index (χ2n) is 4.92. The van der Waals surface area contributed by atoms with Gasteiger partial charge in [0.2, 0.25) is 0 Å². The van der Waals surface area contributed by atoms with Crippen LogP contribution in [0.15, 0.2) is 30.3 Å². The average Bonchev–Trinajstić information content (AvgIpc) is 2.38. The zero-order chi connectivity index (χ0) is 13.4. The molecule has 4 heteroatoms. The van der Waals surface area contributed by atoms with E-state index in [0.29, 0.717) is 23.6 Å². The molecule has 1 aliphatic rings. The highest BCUT2D eigenvalue weighted by Gasteiger charge is 2.29. The van der Waals surface area contributed by atoms with Crippen molar-refractivity contribution in [3.05, 3.63) is 53.0 Å². The topological polar surface area (TPSA) is 68.9 Å². The number of carbonyl (C=O) groups excluding carboxylic acids is 1. The number of nitrogen functional groups attached to an aromatic ring is 1. The average molecular weight is 253 g/mol. The summed E-state index contributed by atoms with van der Waals surface area (Å²) in [6, 6.07) is 10.1. The van der Waals surface area contributed by atoms with Crippen molar-refractivity contribution in [2.24, 2.45) is 0 Å². The second-order valence-corrected chi connectivity index (χ2v) is 4.92. The van der Waals surface area contributed by atoms with Gasteiger partial charge in [0, 0.05) is 6.42 Å². The maximum Gasteiger partial charge on any atom is 0.169 e. The Hall–Kier alpha value is -2.23. The molecule has 19 heavy (non-hydrogen) atoms. The molecule has 1 aromatic carbocycles. The Labute approximate surface area is 111 Å². The van der Waals surface area contributed by atoms with Crippen molar-refractivity contribution in [2.75, 3.05) is 5.73 Å². The predicted octanol–water partition coefficient (Wildman–Crippen LogP) is 2.28. The van der Waals surface area contributed by atoms with Crippen molar-refractivity contribution in [3.63, 3.8) is 0 Å². The quantitative estimate of drug-likeness (QED) is 0.846. The van der Waals surface area contributed by atoms with Crippen LogP contribution in [-0.4, -0.2) is 15.8 Å². The van der Waals surface area contributed by atoms with Crippen LogP contribution in [-0.2, 0) is 6.42 Å². The standard InChI is InChI=1S/C15H15N3O/c1-9-17-12-7-11(10-5-3-2-4-6-10)8-13(19)14(12)15(16)18-9/h2-6,11H,7-8H2,1H3,(H2,16,17,18)/t11-/m0/s1. The largest absolute Gasteiger partial charge is 0.383 e. The van der Waals surface area contributed by atoms with Crippen LogP contribution >= 0.6 is 0 Å². The fourth-order valence-corrected chi connectivity index (χ4v) is 2.70. The van der Waals surface area contributed by atoms with E-state index in [1.807, 2.05) is 18.2 Å². The SMILES string of the molecule is Cc1nc(N)c2c(n1)C[C@H](c1ccccc1)CC2=O. The number of ketones is 1. The second kappa shape index (κ2) is 4.46. The van der Waals surface area contributed by atoms with Gasteiger partial charge >= 0.3 is 0 Å². The first-order valence-electron chi connectivity index (χ1n) is 6.36. The third kappa shape index (κ3) is 2.10. The van der Waals surface area contributed by atoms with Gasteiger partial charge in [-0.05, 0) is 24.8 Å². The smallest absolute Gasteiger partial charge is 0.169 e. The minimum absolute atomic E-state index is 0.0487. The monoisotopic (exact) mass is 253 g/mol. The van der Waals surface area contributed by atoms with Crippen LogP contribution in [0.1, 0.15) is 39.8 Å². The first-order chi connectivity index (χ1) is 9.15. The van der Waals surface area contributed by atoms with E-state index in [4.69, 9.17) is 5.73 Å². The number of nitrogens with two attached hydrogens (primary N) is 1. The first kappa shape index (κ1) is 11.8. The lowest BCUT2D eigenvalue weighted by atomic mass is 9.82. The number of aryl methyl sites for hydroxylation is 1. The molecule has 0 saturated carbocycles. The summed E-state index contributed by atoms with van der Waals surface area (Å²) in [6.45, 7) is 1.80. The predicted molar refractivity (Wildman–Crippen MR) is 73.0 cm³/mol. The maximum absolute atomic E-state index is 12.2. The van der Waals surface area contributed by atoms with E-state index >= 15 is 0 Å². The Morgan fingerprint density at radius 1 is 1.16 bits per heavy atom. The highest BCUT2D eigenvalue weighted by Crippen LogP contribution is 2.33. The van der Waals surface area contributed by atoms with E-state index in [0.717, 1.165) is 12.1 Å². The zero-order valence-corrected chi connectivity index (χ0v) is 10.8. The van der Waals surface area contributed by atoms with Gasteiger partial charge in [0.15, 0.2) is 5.78 Å². The van der Waals surface area contributed by atoms with E-state index < -0.39 is 0 Å². The molecule has 0 saturated heterocycles. The lowest BCUT2D eigenvalue weighted by Gasteiger charge is -2.24. The number of carbonyl (C=O) groups is 1. The van der Waals surface area contributed by atoms with E-state index in [1.165, 1.54) is 5.56 Å². The summed E-state index contributed by atoms with van der Waals surface area (Å²) in [4.78, 5) is 20.7. The molecule has 1 aliphatic carbocycles. The maximum atomic E-state index is 12.2. The number of aromatic nitrogens is 2. The van der Waals surface area contributed by atoms with Crippen LogP contribution in [0.2, 0.25) is 0 Å². The Morgan fingerprint density at radius 3 is 2.63 bits per heavy atom. The Kier molecular flexibility index (Phi) is 2.78. The van der Waals surface area contributed by atoms with Gasteiger partial charge in [0.05, 0.1) is 11.3 Å². The summed E-state index contributed by atoms with van der Waals surface area (Å²) in [6.07, 6.45) is 1.23. The molecule has 0 unspecified atom stereocenters. The number of anilines is 1. The molecule has 0 amide bonds. The number of Topliss-reactive ketones (excluding diaryl/α,β-unsaturated/α-hetero) is 1. The summed E-state index contributed by atoms with van der Waals surface area (Å²) in [7, 11) is 0.